The summed E-state index contributed by atoms with van der Waals surface area (Å²) < 4.78 is 27.0. The second kappa shape index (κ2) is 5.16. The Bertz CT molecular complexity index is 674. The summed E-state index contributed by atoms with van der Waals surface area (Å²) in [6, 6.07) is 4.05. The van der Waals surface area contributed by atoms with E-state index in [-0.39, 0.29) is 4.21 Å². The number of thiophene rings is 1. The lowest BCUT2D eigenvalue weighted by Gasteiger charge is -2.27. The van der Waals surface area contributed by atoms with Crippen LogP contribution in [0.25, 0.3) is 0 Å². The van der Waals surface area contributed by atoms with Gasteiger partial charge in [-0.25, -0.2) is 13.1 Å². The first-order valence-corrected chi connectivity index (χ1v) is 8.35. The van der Waals surface area contributed by atoms with Crippen LogP contribution in [0.5, 0.6) is 0 Å². The molecular weight excluding hydrogens is 300 g/mol. The first-order chi connectivity index (χ1) is 9.29. The van der Waals surface area contributed by atoms with E-state index in [4.69, 9.17) is 5.26 Å². The first kappa shape index (κ1) is 15.0. The quantitative estimate of drug-likeness (QED) is 0.876. The van der Waals surface area contributed by atoms with Crippen molar-refractivity contribution in [3.05, 3.63) is 17.0 Å². The van der Waals surface area contributed by atoms with Crippen molar-refractivity contribution in [2.24, 2.45) is 5.41 Å². The molecule has 1 aromatic heterocycles. The molecule has 0 aromatic carbocycles. The van der Waals surface area contributed by atoms with Crippen molar-refractivity contribution in [1.82, 2.24) is 4.72 Å². The highest BCUT2D eigenvalue weighted by molar-refractivity contribution is 7.91. The number of carbonyl (C=O) groups is 1. The topological polar surface area (TPSA) is 107 Å². The summed E-state index contributed by atoms with van der Waals surface area (Å²) in [7, 11) is -3.78. The van der Waals surface area contributed by atoms with E-state index in [2.05, 4.69) is 4.72 Å². The molecule has 2 rings (SSSR count). The molecule has 2 atom stereocenters. The Morgan fingerprint density at radius 1 is 1.60 bits per heavy atom. The summed E-state index contributed by atoms with van der Waals surface area (Å²) in [4.78, 5) is 11.6. The number of aliphatic carboxylic acids is 1. The van der Waals surface area contributed by atoms with Crippen LogP contribution in [0.3, 0.4) is 0 Å². The molecule has 0 bridgehead atoms. The van der Waals surface area contributed by atoms with Gasteiger partial charge in [0.05, 0.1) is 5.41 Å². The maximum Gasteiger partial charge on any atom is 0.310 e. The van der Waals surface area contributed by atoms with Crippen LogP contribution in [0.4, 0.5) is 0 Å². The van der Waals surface area contributed by atoms with Gasteiger partial charge in [-0.15, -0.1) is 11.3 Å². The van der Waals surface area contributed by atoms with Crippen molar-refractivity contribution in [2.45, 2.75) is 36.4 Å². The van der Waals surface area contributed by atoms with E-state index in [1.807, 2.05) is 6.07 Å². The summed E-state index contributed by atoms with van der Waals surface area (Å²) in [6.07, 6.45) is 1.62. The standard InChI is InChI=1S/C12H14N2O4S2/c1-12(11(15)16)6-2-3-9(12)14-20(17,18)10-5-4-8(7-13)19-10/h4-5,9,14H,2-3,6H2,1H3,(H,15,16). The third-order valence-corrected chi connectivity index (χ3v) is 6.65. The zero-order chi connectivity index (χ0) is 15.0. The average molecular weight is 314 g/mol. The van der Waals surface area contributed by atoms with Gasteiger partial charge in [0.15, 0.2) is 0 Å². The lowest BCUT2D eigenvalue weighted by Crippen LogP contribution is -2.46. The molecule has 0 saturated heterocycles. The molecule has 0 aliphatic heterocycles. The molecule has 1 aliphatic carbocycles. The Balaban J connectivity index is 2.25. The Labute approximate surface area is 121 Å². The Hall–Kier alpha value is -1.43. The van der Waals surface area contributed by atoms with E-state index in [1.165, 1.54) is 12.1 Å². The van der Waals surface area contributed by atoms with Gasteiger partial charge in [-0.05, 0) is 31.9 Å². The van der Waals surface area contributed by atoms with Crippen molar-refractivity contribution >= 4 is 27.3 Å². The number of hydrogen-bond donors (Lipinski definition) is 2. The molecule has 0 spiro atoms. The van der Waals surface area contributed by atoms with Crippen molar-refractivity contribution < 1.29 is 18.3 Å². The van der Waals surface area contributed by atoms with Gasteiger partial charge >= 0.3 is 5.97 Å². The number of nitrogens with zero attached hydrogens (tertiary/aromatic N) is 1. The van der Waals surface area contributed by atoms with Crippen molar-refractivity contribution in [3.8, 4) is 6.07 Å². The maximum atomic E-state index is 12.2. The Kier molecular flexibility index (Phi) is 3.86. The largest absolute Gasteiger partial charge is 0.481 e. The molecule has 0 amide bonds. The Morgan fingerprint density at radius 2 is 2.30 bits per heavy atom. The van der Waals surface area contributed by atoms with Crippen LogP contribution in [0.1, 0.15) is 31.1 Å². The van der Waals surface area contributed by atoms with E-state index in [0.717, 1.165) is 11.3 Å². The normalized spacial score (nSPS) is 26.3. The average Bonchev–Trinajstić information content (AvgIpc) is 2.98. The molecular formula is C12H14N2O4S2. The zero-order valence-electron chi connectivity index (χ0n) is 10.8. The molecule has 1 saturated carbocycles. The molecule has 108 valence electrons. The van der Waals surface area contributed by atoms with Gasteiger partial charge in [0.2, 0.25) is 10.0 Å². The lowest BCUT2D eigenvalue weighted by molar-refractivity contribution is -0.148. The van der Waals surface area contributed by atoms with Crippen molar-refractivity contribution in [2.75, 3.05) is 0 Å². The molecule has 1 heterocycles. The van der Waals surface area contributed by atoms with Gasteiger partial charge in [0, 0.05) is 6.04 Å². The minimum absolute atomic E-state index is 0.0358. The van der Waals surface area contributed by atoms with Crippen LogP contribution < -0.4 is 4.72 Å². The fraction of sp³-hybridized carbons (Fsp3) is 0.500. The monoisotopic (exact) mass is 314 g/mol. The van der Waals surface area contributed by atoms with E-state index < -0.39 is 27.4 Å². The first-order valence-electron chi connectivity index (χ1n) is 6.05. The summed E-state index contributed by atoms with van der Waals surface area (Å²) in [5.41, 5.74) is -1.08. The molecule has 0 radical (unpaired) electrons. The molecule has 1 aromatic rings. The predicted molar refractivity (Wildman–Crippen MR) is 72.7 cm³/mol. The summed E-state index contributed by atoms with van der Waals surface area (Å²) >= 11 is 0.873. The summed E-state index contributed by atoms with van der Waals surface area (Å²) in [6.45, 7) is 1.56. The lowest BCUT2D eigenvalue weighted by atomic mass is 9.85. The van der Waals surface area contributed by atoms with Crippen molar-refractivity contribution in [3.63, 3.8) is 0 Å². The number of carboxylic acid groups (broad SMARTS) is 1. The number of hydrogen-bond acceptors (Lipinski definition) is 5. The van der Waals surface area contributed by atoms with E-state index in [9.17, 15) is 18.3 Å². The Morgan fingerprint density at radius 3 is 2.85 bits per heavy atom. The molecule has 8 heteroatoms. The van der Waals surface area contributed by atoms with Gasteiger partial charge in [-0.2, -0.15) is 5.26 Å². The zero-order valence-corrected chi connectivity index (χ0v) is 12.4. The van der Waals surface area contributed by atoms with Gasteiger partial charge in [0.25, 0.3) is 0 Å². The van der Waals surface area contributed by atoms with Gasteiger partial charge in [-0.3, -0.25) is 4.79 Å². The number of sulfonamides is 1. The maximum absolute atomic E-state index is 12.2. The molecule has 6 nitrogen and oxygen atoms in total. The van der Waals surface area contributed by atoms with E-state index >= 15 is 0 Å². The highest BCUT2D eigenvalue weighted by Gasteiger charge is 2.47. The van der Waals surface area contributed by atoms with Crippen LogP contribution in [0, 0.1) is 16.7 Å². The molecule has 1 aliphatic rings. The van der Waals surface area contributed by atoms with Gasteiger partial charge in [-0.1, -0.05) is 6.42 Å². The second-order valence-electron chi connectivity index (χ2n) is 5.02. The molecule has 20 heavy (non-hydrogen) atoms. The van der Waals surface area contributed by atoms with Crippen LogP contribution in [-0.2, 0) is 14.8 Å². The molecule has 2 unspecified atom stereocenters. The van der Waals surface area contributed by atoms with Crippen LogP contribution in [-0.4, -0.2) is 25.5 Å². The third kappa shape index (κ3) is 2.57. The number of rotatable bonds is 4. The second-order valence-corrected chi connectivity index (χ2v) is 8.04. The van der Waals surface area contributed by atoms with Crippen LogP contribution in [0.2, 0.25) is 0 Å². The number of nitriles is 1. The fourth-order valence-electron chi connectivity index (χ4n) is 2.38. The van der Waals surface area contributed by atoms with E-state index in [1.54, 1.807) is 6.92 Å². The third-order valence-electron chi connectivity index (χ3n) is 3.70. The molecule has 1 fully saturated rings. The smallest absolute Gasteiger partial charge is 0.310 e. The van der Waals surface area contributed by atoms with Gasteiger partial charge in [0.1, 0.15) is 15.2 Å². The minimum Gasteiger partial charge on any atom is -0.481 e. The molecule has 2 N–H and O–H groups in total. The summed E-state index contributed by atoms with van der Waals surface area (Å²) in [5, 5.41) is 18.0. The van der Waals surface area contributed by atoms with E-state index in [0.29, 0.717) is 24.1 Å². The van der Waals surface area contributed by atoms with Crippen LogP contribution in [0.15, 0.2) is 16.3 Å². The number of nitrogens with one attached hydrogen (secondary N) is 1. The number of carboxylic acids is 1. The van der Waals surface area contributed by atoms with Crippen LogP contribution >= 0.6 is 11.3 Å². The highest BCUT2D eigenvalue weighted by Crippen LogP contribution is 2.39. The summed E-state index contributed by atoms with van der Waals surface area (Å²) in [5.74, 6) is -0.994. The minimum atomic E-state index is -3.78. The fourth-order valence-corrected chi connectivity index (χ4v) is 4.88. The van der Waals surface area contributed by atoms with Crippen molar-refractivity contribution in [1.29, 1.82) is 5.26 Å². The predicted octanol–water partition coefficient (Wildman–Crippen LogP) is 1.54. The SMILES string of the molecule is CC1(C(=O)O)CCCC1NS(=O)(=O)c1ccc(C#N)s1. The van der Waals surface area contributed by atoms with Gasteiger partial charge < -0.3 is 5.11 Å². The highest BCUT2D eigenvalue weighted by atomic mass is 32.2.